The van der Waals surface area contributed by atoms with Gasteiger partial charge in [-0.3, -0.25) is 0 Å². The molecule has 0 saturated carbocycles. The normalized spacial score (nSPS) is 26.4. The third kappa shape index (κ3) is 3.44. The van der Waals surface area contributed by atoms with E-state index in [2.05, 4.69) is 33.9 Å². The molecular weight excluding hydrogens is 245 g/mol. The lowest BCUT2D eigenvalue weighted by Gasteiger charge is -2.38. The number of rotatable bonds is 4. The Hall–Kier alpha value is -0.168. The lowest BCUT2D eigenvalue weighted by atomic mass is 9.84. The highest BCUT2D eigenvalue weighted by atomic mass is 28.4. The van der Waals surface area contributed by atoms with Gasteiger partial charge in [0.05, 0.1) is 12.1 Å². The second-order valence-corrected chi connectivity index (χ2v) is 11.5. The summed E-state index contributed by atoms with van der Waals surface area (Å²) in [7, 11) is -2.39. The zero-order valence-electron chi connectivity index (χ0n) is 12.4. The minimum Gasteiger partial charge on any atom is -0.437 e. The molecule has 18 heavy (non-hydrogen) atoms. The van der Waals surface area contributed by atoms with Gasteiger partial charge >= 0.3 is 7.05 Å². The molecule has 0 amide bonds. The Morgan fingerprint density at radius 3 is 2.33 bits per heavy atom. The molecule has 1 heterocycles. The standard InChI is InChI=1S/C12H26BNO3Si/c1-12(2,3)18(5,6)17-11-7-10(9-15)14(8-11)13(4)16/h9-11,16H,7-8H2,1-6H3/t10-,11+/m0/s1. The van der Waals surface area contributed by atoms with Gasteiger partial charge in [0.15, 0.2) is 8.32 Å². The first kappa shape index (κ1) is 15.9. The van der Waals surface area contributed by atoms with E-state index in [1.54, 1.807) is 6.82 Å². The van der Waals surface area contributed by atoms with Crippen molar-refractivity contribution in [2.24, 2.45) is 0 Å². The van der Waals surface area contributed by atoms with Crippen LogP contribution in [0.1, 0.15) is 27.2 Å². The lowest BCUT2D eigenvalue weighted by molar-refractivity contribution is -0.110. The van der Waals surface area contributed by atoms with Gasteiger partial charge in [-0.1, -0.05) is 20.8 Å². The van der Waals surface area contributed by atoms with Crippen molar-refractivity contribution in [2.75, 3.05) is 6.54 Å². The van der Waals surface area contributed by atoms with Crippen molar-refractivity contribution >= 4 is 21.7 Å². The number of aldehydes is 1. The van der Waals surface area contributed by atoms with Crippen molar-refractivity contribution < 1.29 is 14.2 Å². The predicted octanol–water partition coefficient (Wildman–Crippen LogP) is 1.76. The number of carbonyl (C=O) groups is 1. The van der Waals surface area contributed by atoms with Gasteiger partial charge in [-0.2, -0.15) is 0 Å². The van der Waals surface area contributed by atoms with Gasteiger partial charge < -0.3 is 19.1 Å². The van der Waals surface area contributed by atoms with Crippen LogP contribution in [0.25, 0.3) is 0 Å². The van der Waals surface area contributed by atoms with E-state index in [0.29, 0.717) is 13.0 Å². The van der Waals surface area contributed by atoms with Gasteiger partial charge in [0, 0.05) is 6.54 Å². The molecule has 2 atom stereocenters. The first-order valence-corrected chi connectivity index (χ1v) is 9.56. The summed E-state index contributed by atoms with van der Waals surface area (Å²) in [6, 6.07) is -0.209. The van der Waals surface area contributed by atoms with E-state index < -0.39 is 15.4 Å². The Morgan fingerprint density at radius 1 is 1.44 bits per heavy atom. The van der Waals surface area contributed by atoms with Crippen LogP contribution in [0, 0.1) is 0 Å². The van der Waals surface area contributed by atoms with Crippen LogP contribution in [0.4, 0.5) is 0 Å². The molecule has 0 bridgehead atoms. The fraction of sp³-hybridized carbons (Fsp3) is 0.917. The first-order valence-electron chi connectivity index (χ1n) is 6.65. The van der Waals surface area contributed by atoms with Crippen molar-refractivity contribution in [1.29, 1.82) is 0 Å². The van der Waals surface area contributed by atoms with Crippen molar-refractivity contribution in [1.82, 2.24) is 4.81 Å². The zero-order chi connectivity index (χ0) is 14.1. The largest absolute Gasteiger partial charge is 0.437 e. The molecule has 0 unspecified atom stereocenters. The Balaban J connectivity index is 2.69. The third-order valence-corrected chi connectivity index (χ3v) is 8.78. The van der Waals surface area contributed by atoms with Gasteiger partial charge in [-0.25, -0.2) is 0 Å². The molecule has 0 aliphatic carbocycles. The average Bonchev–Trinajstić information content (AvgIpc) is 2.58. The van der Waals surface area contributed by atoms with E-state index >= 15 is 0 Å². The van der Waals surface area contributed by atoms with Crippen LogP contribution in [0.5, 0.6) is 0 Å². The number of hydrogen-bond donors (Lipinski definition) is 1. The molecule has 104 valence electrons. The second kappa shape index (κ2) is 5.45. The van der Waals surface area contributed by atoms with Crippen molar-refractivity contribution in [3.05, 3.63) is 0 Å². The van der Waals surface area contributed by atoms with E-state index in [1.165, 1.54) is 0 Å². The van der Waals surface area contributed by atoms with E-state index in [0.717, 1.165) is 6.29 Å². The summed E-state index contributed by atoms with van der Waals surface area (Å²) in [6.07, 6.45) is 1.68. The van der Waals surface area contributed by atoms with E-state index in [9.17, 15) is 9.82 Å². The molecule has 1 N–H and O–H groups in total. The van der Waals surface area contributed by atoms with Crippen molar-refractivity contribution in [2.45, 2.75) is 64.3 Å². The molecule has 4 nitrogen and oxygen atoms in total. The first-order chi connectivity index (χ1) is 8.08. The zero-order valence-corrected chi connectivity index (χ0v) is 13.4. The minimum atomic E-state index is -1.80. The van der Waals surface area contributed by atoms with Gasteiger partial charge in [-0.15, -0.1) is 0 Å². The molecule has 0 spiro atoms. The van der Waals surface area contributed by atoms with Gasteiger partial charge in [0.2, 0.25) is 0 Å². The van der Waals surface area contributed by atoms with Gasteiger partial charge in [0.1, 0.15) is 6.29 Å². The molecule has 0 aromatic carbocycles. The lowest BCUT2D eigenvalue weighted by Crippen LogP contribution is -2.45. The molecule has 6 heteroatoms. The molecular formula is C12H26BNO3Si. The van der Waals surface area contributed by atoms with Gasteiger partial charge in [-0.05, 0) is 31.4 Å². The molecule has 1 rings (SSSR count). The summed E-state index contributed by atoms with van der Waals surface area (Å²) in [5.41, 5.74) is 0. The highest BCUT2D eigenvalue weighted by Gasteiger charge is 2.43. The van der Waals surface area contributed by atoms with Crippen molar-refractivity contribution in [3.63, 3.8) is 0 Å². The molecule has 1 saturated heterocycles. The summed E-state index contributed by atoms with van der Waals surface area (Å²) < 4.78 is 6.30. The monoisotopic (exact) mass is 271 g/mol. The van der Waals surface area contributed by atoms with Crippen LogP contribution in [0.3, 0.4) is 0 Å². The van der Waals surface area contributed by atoms with E-state index in [1.807, 2.05) is 4.81 Å². The SMILES string of the molecule is CB(O)N1C[C@H](O[Si](C)(C)C(C)(C)C)C[C@H]1C=O. The van der Waals surface area contributed by atoms with Crippen LogP contribution in [0.15, 0.2) is 0 Å². The third-order valence-electron chi connectivity index (χ3n) is 4.25. The summed E-state index contributed by atoms with van der Waals surface area (Å²) in [5.74, 6) is 0. The summed E-state index contributed by atoms with van der Waals surface area (Å²) in [5, 5.41) is 9.82. The number of nitrogens with zero attached hydrogens (tertiary/aromatic N) is 1. The topological polar surface area (TPSA) is 49.8 Å². The van der Waals surface area contributed by atoms with Gasteiger partial charge in [0.25, 0.3) is 0 Å². The van der Waals surface area contributed by atoms with Crippen LogP contribution in [-0.4, -0.2) is 50.2 Å². The van der Waals surface area contributed by atoms with Crippen molar-refractivity contribution in [3.8, 4) is 0 Å². The van der Waals surface area contributed by atoms with Crippen LogP contribution in [-0.2, 0) is 9.22 Å². The molecule has 1 fully saturated rings. The molecule has 0 aromatic heterocycles. The smallest absolute Gasteiger partial charge is 0.377 e. The highest BCUT2D eigenvalue weighted by molar-refractivity contribution is 6.74. The van der Waals surface area contributed by atoms with E-state index in [4.69, 9.17) is 4.43 Å². The Morgan fingerprint density at radius 2 is 2.00 bits per heavy atom. The summed E-state index contributed by atoms with van der Waals surface area (Å²) in [6.45, 7) is 13.4. The summed E-state index contributed by atoms with van der Waals surface area (Å²) >= 11 is 0. The number of hydrogen-bond acceptors (Lipinski definition) is 4. The number of carbonyl (C=O) groups excluding carboxylic acids is 1. The maximum absolute atomic E-state index is 11.0. The predicted molar refractivity (Wildman–Crippen MR) is 77.1 cm³/mol. The maximum atomic E-state index is 11.0. The maximum Gasteiger partial charge on any atom is 0.377 e. The average molecular weight is 271 g/mol. The highest BCUT2D eigenvalue weighted by Crippen LogP contribution is 2.38. The fourth-order valence-corrected chi connectivity index (χ4v) is 3.45. The molecule has 1 aliphatic rings. The Labute approximate surface area is 112 Å². The summed E-state index contributed by atoms with van der Waals surface area (Å²) in [4.78, 5) is 12.8. The molecule has 0 radical (unpaired) electrons. The minimum absolute atomic E-state index is 0.0655. The molecule has 1 aliphatic heterocycles. The quantitative estimate of drug-likeness (QED) is 0.625. The van der Waals surface area contributed by atoms with Crippen LogP contribution in [0.2, 0.25) is 25.0 Å². The second-order valence-electron chi connectivity index (χ2n) is 6.77. The van der Waals surface area contributed by atoms with Crippen LogP contribution >= 0.6 is 0 Å². The Bertz CT molecular complexity index is 304. The Kier molecular flexibility index (Phi) is 4.81. The van der Waals surface area contributed by atoms with Crippen LogP contribution < -0.4 is 0 Å². The fourth-order valence-electron chi connectivity index (χ4n) is 2.09. The van der Waals surface area contributed by atoms with E-state index in [-0.39, 0.29) is 17.2 Å². The molecule has 0 aromatic rings.